The van der Waals surface area contributed by atoms with Crippen molar-refractivity contribution in [3.05, 3.63) is 28.8 Å². The van der Waals surface area contributed by atoms with Crippen molar-refractivity contribution >= 4 is 17.4 Å². The summed E-state index contributed by atoms with van der Waals surface area (Å²) < 4.78 is 5.17. The van der Waals surface area contributed by atoms with Crippen LogP contribution in [0.3, 0.4) is 0 Å². The maximum Gasteiger partial charge on any atom is 0.140 e. The first kappa shape index (κ1) is 11.5. The molecule has 2 nitrogen and oxygen atoms in total. The van der Waals surface area contributed by atoms with Crippen molar-refractivity contribution in [3.8, 4) is 5.75 Å². The highest BCUT2D eigenvalue weighted by Gasteiger charge is 2.24. The van der Waals surface area contributed by atoms with E-state index in [9.17, 15) is 4.79 Å². The van der Waals surface area contributed by atoms with Crippen LogP contribution in [0.5, 0.6) is 5.75 Å². The smallest absolute Gasteiger partial charge is 0.140 e. The molecule has 0 radical (unpaired) electrons. The molecule has 3 heteroatoms. The lowest BCUT2D eigenvalue weighted by molar-refractivity contribution is -0.121. The van der Waals surface area contributed by atoms with Crippen molar-refractivity contribution in [1.82, 2.24) is 0 Å². The van der Waals surface area contributed by atoms with Crippen LogP contribution in [-0.4, -0.2) is 12.9 Å². The molecule has 0 N–H and O–H groups in total. The molecule has 0 bridgehead atoms. The van der Waals surface area contributed by atoms with Crippen LogP contribution < -0.4 is 4.74 Å². The molecular weight excluding hydrogens is 224 g/mol. The summed E-state index contributed by atoms with van der Waals surface area (Å²) >= 11 is 5.96. The van der Waals surface area contributed by atoms with Crippen molar-refractivity contribution in [2.45, 2.75) is 31.6 Å². The lowest BCUT2D eigenvalue weighted by Gasteiger charge is -2.21. The lowest BCUT2D eigenvalue weighted by atomic mass is 9.83. The van der Waals surface area contributed by atoms with E-state index < -0.39 is 0 Å². The Balaban J connectivity index is 2.29. The van der Waals surface area contributed by atoms with Crippen LogP contribution in [0, 0.1) is 0 Å². The topological polar surface area (TPSA) is 26.3 Å². The molecular formula is C13H15ClO2. The summed E-state index contributed by atoms with van der Waals surface area (Å²) in [6.07, 6.45) is 3.81. The van der Waals surface area contributed by atoms with Gasteiger partial charge in [-0.15, -0.1) is 0 Å². The molecule has 1 atom stereocenters. The van der Waals surface area contributed by atoms with Gasteiger partial charge in [-0.05, 0) is 30.5 Å². The summed E-state index contributed by atoms with van der Waals surface area (Å²) in [6, 6.07) is 5.62. The van der Waals surface area contributed by atoms with Gasteiger partial charge in [0.2, 0.25) is 0 Å². The first-order valence-corrected chi connectivity index (χ1v) is 5.96. The van der Waals surface area contributed by atoms with Crippen LogP contribution in [0.1, 0.15) is 37.2 Å². The van der Waals surface area contributed by atoms with Crippen LogP contribution in [0.2, 0.25) is 5.02 Å². The van der Waals surface area contributed by atoms with E-state index in [2.05, 4.69) is 0 Å². The van der Waals surface area contributed by atoms with E-state index in [0.717, 1.165) is 24.8 Å². The van der Waals surface area contributed by atoms with Crippen molar-refractivity contribution in [3.63, 3.8) is 0 Å². The number of rotatable bonds is 2. The van der Waals surface area contributed by atoms with Gasteiger partial charge < -0.3 is 4.74 Å². The van der Waals surface area contributed by atoms with E-state index >= 15 is 0 Å². The Morgan fingerprint density at radius 1 is 1.38 bits per heavy atom. The number of hydrogen-bond acceptors (Lipinski definition) is 2. The third-order valence-corrected chi connectivity index (χ3v) is 3.44. The number of Topliss-reactive ketones (excluding diaryl/α,β-unsaturated/α-hetero) is 1. The predicted molar refractivity (Wildman–Crippen MR) is 64.2 cm³/mol. The van der Waals surface area contributed by atoms with Gasteiger partial charge in [-0.1, -0.05) is 24.1 Å². The number of carbonyl (C=O) groups is 1. The zero-order chi connectivity index (χ0) is 11.5. The van der Waals surface area contributed by atoms with Gasteiger partial charge in [-0.25, -0.2) is 0 Å². The molecule has 0 spiro atoms. The van der Waals surface area contributed by atoms with E-state index in [1.807, 2.05) is 12.1 Å². The van der Waals surface area contributed by atoms with Crippen LogP contribution in [0.4, 0.5) is 0 Å². The highest BCUT2D eigenvalue weighted by Crippen LogP contribution is 2.34. The lowest BCUT2D eigenvalue weighted by Crippen LogP contribution is -2.16. The average molecular weight is 239 g/mol. The minimum absolute atomic E-state index is 0.0416. The quantitative estimate of drug-likeness (QED) is 0.787. The molecule has 0 saturated heterocycles. The molecule has 16 heavy (non-hydrogen) atoms. The molecule has 1 saturated carbocycles. The summed E-state index contributed by atoms with van der Waals surface area (Å²) in [7, 11) is 1.59. The van der Waals surface area contributed by atoms with Gasteiger partial charge in [-0.2, -0.15) is 0 Å². The molecule has 1 aliphatic carbocycles. The Bertz CT molecular complexity index is 401. The van der Waals surface area contributed by atoms with E-state index in [0.29, 0.717) is 23.0 Å². The number of benzene rings is 1. The second kappa shape index (κ2) is 4.88. The van der Waals surface area contributed by atoms with E-state index in [1.165, 1.54) is 0 Å². The van der Waals surface area contributed by atoms with Crippen molar-refractivity contribution in [1.29, 1.82) is 0 Å². The number of carbonyl (C=O) groups excluding carboxylic acids is 1. The second-order valence-corrected chi connectivity index (χ2v) is 4.57. The van der Waals surface area contributed by atoms with Crippen molar-refractivity contribution in [2.24, 2.45) is 0 Å². The summed E-state index contributed by atoms with van der Waals surface area (Å²) in [5.41, 5.74) is 1.03. The number of halogens is 1. The molecule has 0 heterocycles. The van der Waals surface area contributed by atoms with Crippen LogP contribution >= 0.6 is 11.6 Å². The normalized spacial score (nSPS) is 20.9. The van der Waals surface area contributed by atoms with Crippen LogP contribution in [0.25, 0.3) is 0 Å². The van der Waals surface area contributed by atoms with Crippen LogP contribution in [-0.2, 0) is 4.79 Å². The standard InChI is InChI=1S/C13H15ClO2/c1-16-13-8-9(6-7-11(13)14)10-4-2-3-5-12(10)15/h6-8,10H,2-5H2,1H3. The van der Waals surface area contributed by atoms with E-state index in [-0.39, 0.29) is 5.92 Å². The summed E-state index contributed by atoms with van der Waals surface area (Å²) in [4.78, 5) is 11.8. The predicted octanol–water partition coefficient (Wildman–Crippen LogP) is 3.58. The fourth-order valence-corrected chi connectivity index (χ4v) is 2.42. The molecule has 1 fully saturated rings. The molecule has 0 aliphatic heterocycles. The largest absolute Gasteiger partial charge is 0.495 e. The van der Waals surface area contributed by atoms with Gasteiger partial charge in [0.25, 0.3) is 0 Å². The Hall–Kier alpha value is -1.02. The number of hydrogen-bond donors (Lipinski definition) is 0. The van der Waals surface area contributed by atoms with E-state index in [1.54, 1.807) is 13.2 Å². The monoisotopic (exact) mass is 238 g/mol. The maximum absolute atomic E-state index is 11.8. The highest BCUT2D eigenvalue weighted by atomic mass is 35.5. The third kappa shape index (κ3) is 2.22. The highest BCUT2D eigenvalue weighted by molar-refractivity contribution is 6.32. The summed E-state index contributed by atoms with van der Waals surface area (Å²) in [5.74, 6) is 1.04. The Morgan fingerprint density at radius 2 is 2.19 bits per heavy atom. The Labute approximate surface area is 101 Å². The van der Waals surface area contributed by atoms with Gasteiger partial charge in [0, 0.05) is 12.3 Å². The molecule has 1 aliphatic rings. The summed E-state index contributed by atoms with van der Waals surface area (Å²) in [5, 5.41) is 0.592. The average Bonchev–Trinajstić information content (AvgIpc) is 2.31. The molecule has 1 unspecified atom stereocenters. The van der Waals surface area contributed by atoms with Crippen molar-refractivity contribution in [2.75, 3.05) is 7.11 Å². The zero-order valence-electron chi connectivity index (χ0n) is 9.33. The molecule has 1 aromatic rings. The van der Waals surface area contributed by atoms with Gasteiger partial charge in [0.15, 0.2) is 0 Å². The van der Waals surface area contributed by atoms with Gasteiger partial charge >= 0.3 is 0 Å². The fraction of sp³-hybridized carbons (Fsp3) is 0.462. The SMILES string of the molecule is COc1cc(C2CCCCC2=O)ccc1Cl. The van der Waals surface area contributed by atoms with E-state index in [4.69, 9.17) is 16.3 Å². The number of methoxy groups -OCH3 is 1. The number of ketones is 1. The minimum Gasteiger partial charge on any atom is -0.495 e. The maximum atomic E-state index is 11.8. The van der Waals surface area contributed by atoms with Gasteiger partial charge in [0.05, 0.1) is 12.1 Å². The second-order valence-electron chi connectivity index (χ2n) is 4.16. The Morgan fingerprint density at radius 3 is 2.88 bits per heavy atom. The number of ether oxygens (including phenoxy) is 1. The zero-order valence-corrected chi connectivity index (χ0v) is 10.1. The first-order valence-electron chi connectivity index (χ1n) is 5.58. The molecule has 1 aromatic carbocycles. The minimum atomic E-state index is 0.0416. The fourth-order valence-electron chi connectivity index (χ4n) is 2.23. The van der Waals surface area contributed by atoms with Gasteiger partial charge in [-0.3, -0.25) is 4.79 Å². The molecule has 2 rings (SSSR count). The molecule has 86 valence electrons. The van der Waals surface area contributed by atoms with Gasteiger partial charge in [0.1, 0.15) is 11.5 Å². The van der Waals surface area contributed by atoms with Crippen LogP contribution in [0.15, 0.2) is 18.2 Å². The van der Waals surface area contributed by atoms with Crippen molar-refractivity contribution < 1.29 is 9.53 Å². The first-order chi connectivity index (χ1) is 7.72. The summed E-state index contributed by atoms with van der Waals surface area (Å²) in [6.45, 7) is 0. The third-order valence-electron chi connectivity index (χ3n) is 3.13. The molecule has 0 aromatic heterocycles. The molecule has 0 amide bonds. The Kier molecular flexibility index (Phi) is 3.49.